The molecule has 0 aliphatic heterocycles. The number of amides is 1. The maximum atomic E-state index is 13.1. The number of halogens is 1. The van der Waals surface area contributed by atoms with Crippen LogP contribution in [0, 0.1) is 5.82 Å². The molecule has 2 N–H and O–H groups in total. The Morgan fingerprint density at radius 1 is 1.14 bits per heavy atom. The van der Waals surface area contributed by atoms with Crippen molar-refractivity contribution < 1.29 is 17.6 Å². The lowest BCUT2D eigenvalue weighted by molar-refractivity contribution is 0.0942. The highest BCUT2D eigenvalue weighted by atomic mass is 32.2. The van der Waals surface area contributed by atoms with Crippen molar-refractivity contribution in [1.82, 2.24) is 10.3 Å². The zero-order valence-electron chi connectivity index (χ0n) is 16.1. The SMILES string of the molecule is CC(C)NC(=O)c1c[nH]c2ccc(S(=O)(=O)N(C)c3ccc(F)cc3)cc2c1=O. The number of carbonyl (C=O) groups is 1. The third-order valence-corrected chi connectivity index (χ3v) is 6.15. The average molecular weight is 417 g/mol. The van der Waals surface area contributed by atoms with Crippen molar-refractivity contribution in [3.63, 3.8) is 0 Å². The number of hydrogen-bond acceptors (Lipinski definition) is 4. The van der Waals surface area contributed by atoms with Crippen molar-refractivity contribution in [2.24, 2.45) is 0 Å². The molecule has 3 rings (SSSR count). The van der Waals surface area contributed by atoms with Gasteiger partial charge in [0.25, 0.3) is 15.9 Å². The van der Waals surface area contributed by atoms with Crippen molar-refractivity contribution in [1.29, 1.82) is 0 Å². The molecular weight excluding hydrogens is 397 g/mol. The maximum absolute atomic E-state index is 13.1. The third kappa shape index (κ3) is 4.00. The highest BCUT2D eigenvalue weighted by Gasteiger charge is 2.23. The Morgan fingerprint density at radius 3 is 2.41 bits per heavy atom. The average Bonchev–Trinajstić information content (AvgIpc) is 2.67. The minimum absolute atomic E-state index is 0.0787. The van der Waals surface area contributed by atoms with E-state index in [9.17, 15) is 22.4 Å². The number of nitrogens with one attached hydrogen (secondary N) is 2. The summed E-state index contributed by atoms with van der Waals surface area (Å²) in [6, 6.07) is 8.90. The number of anilines is 1. The van der Waals surface area contributed by atoms with Crippen LogP contribution < -0.4 is 15.1 Å². The van der Waals surface area contributed by atoms with Gasteiger partial charge in [0.1, 0.15) is 11.4 Å². The molecular formula is C20H20FN3O4S. The Hall–Kier alpha value is -3.20. The largest absolute Gasteiger partial charge is 0.360 e. The normalized spacial score (nSPS) is 11.6. The van der Waals surface area contributed by atoms with Crippen LogP contribution in [0.1, 0.15) is 24.2 Å². The molecule has 0 saturated carbocycles. The lowest BCUT2D eigenvalue weighted by atomic mass is 10.1. The Labute approximate surface area is 167 Å². The molecule has 29 heavy (non-hydrogen) atoms. The molecule has 2 aromatic carbocycles. The van der Waals surface area contributed by atoms with E-state index in [-0.39, 0.29) is 27.6 Å². The highest BCUT2D eigenvalue weighted by Crippen LogP contribution is 2.24. The van der Waals surface area contributed by atoms with Crippen LogP contribution in [0.25, 0.3) is 10.9 Å². The first-order valence-corrected chi connectivity index (χ1v) is 10.3. The van der Waals surface area contributed by atoms with E-state index in [1.54, 1.807) is 13.8 Å². The number of benzene rings is 2. The lowest BCUT2D eigenvalue weighted by Gasteiger charge is -2.19. The van der Waals surface area contributed by atoms with Gasteiger partial charge in [0.05, 0.1) is 10.6 Å². The Kier molecular flexibility index (Phi) is 5.43. The van der Waals surface area contributed by atoms with E-state index >= 15 is 0 Å². The Morgan fingerprint density at radius 2 is 1.79 bits per heavy atom. The van der Waals surface area contributed by atoms with Gasteiger partial charge in [-0.2, -0.15) is 0 Å². The van der Waals surface area contributed by atoms with E-state index in [1.807, 2.05) is 0 Å². The molecule has 0 radical (unpaired) electrons. The molecule has 0 spiro atoms. The van der Waals surface area contributed by atoms with Gasteiger partial charge in [0.15, 0.2) is 0 Å². The summed E-state index contributed by atoms with van der Waals surface area (Å²) in [5.74, 6) is -1.02. The molecule has 1 amide bonds. The van der Waals surface area contributed by atoms with Crippen LogP contribution in [0.5, 0.6) is 0 Å². The highest BCUT2D eigenvalue weighted by molar-refractivity contribution is 7.92. The second kappa shape index (κ2) is 7.67. The van der Waals surface area contributed by atoms with Crippen molar-refractivity contribution >= 4 is 32.5 Å². The van der Waals surface area contributed by atoms with Crippen molar-refractivity contribution in [3.05, 3.63) is 70.3 Å². The zero-order valence-corrected chi connectivity index (χ0v) is 16.9. The first kappa shape index (κ1) is 20.5. The van der Waals surface area contributed by atoms with Crippen LogP contribution in [0.15, 0.2) is 58.4 Å². The number of H-pyrrole nitrogens is 1. The van der Waals surface area contributed by atoms with Crippen LogP contribution in [-0.4, -0.2) is 32.4 Å². The number of pyridine rings is 1. The van der Waals surface area contributed by atoms with Crippen LogP contribution in [0.3, 0.4) is 0 Å². The predicted octanol–water partition coefficient (Wildman–Crippen LogP) is 2.63. The number of hydrogen-bond donors (Lipinski definition) is 2. The summed E-state index contributed by atoms with van der Waals surface area (Å²) in [6.45, 7) is 3.53. The number of carbonyl (C=O) groups excluding carboxylic acids is 1. The lowest BCUT2D eigenvalue weighted by Crippen LogP contribution is -2.33. The molecule has 7 nitrogen and oxygen atoms in total. The number of sulfonamides is 1. The van der Waals surface area contributed by atoms with Crippen LogP contribution in [-0.2, 0) is 10.0 Å². The molecule has 1 aromatic heterocycles. The second-order valence-electron chi connectivity index (χ2n) is 6.82. The summed E-state index contributed by atoms with van der Waals surface area (Å²) in [7, 11) is -2.67. The van der Waals surface area contributed by atoms with Gasteiger partial charge >= 0.3 is 0 Å². The molecule has 0 atom stereocenters. The fraction of sp³-hybridized carbons (Fsp3) is 0.200. The van der Waals surface area contributed by atoms with Crippen LogP contribution in [0.4, 0.5) is 10.1 Å². The third-order valence-electron chi connectivity index (χ3n) is 4.37. The summed E-state index contributed by atoms with van der Waals surface area (Å²) in [5.41, 5.74) is -0.00373. The summed E-state index contributed by atoms with van der Waals surface area (Å²) in [4.78, 5) is 27.7. The summed E-state index contributed by atoms with van der Waals surface area (Å²) in [5, 5.41) is 2.72. The van der Waals surface area contributed by atoms with Gasteiger partial charge in [-0.05, 0) is 56.3 Å². The number of aromatic nitrogens is 1. The number of rotatable bonds is 5. The summed E-state index contributed by atoms with van der Waals surface area (Å²) in [6.07, 6.45) is 1.31. The van der Waals surface area contributed by atoms with Gasteiger partial charge in [-0.15, -0.1) is 0 Å². The van der Waals surface area contributed by atoms with Gasteiger partial charge in [-0.3, -0.25) is 13.9 Å². The zero-order chi connectivity index (χ0) is 21.3. The van der Waals surface area contributed by atoms with Gasteiger partial charge in [0.2, 0.25) is 5.43 Å². The first-order valence-electron chi connectivity index (χ1n) is 8.82. The van der Waals surface area contributed by atoms with Gasteiger partial charge in [-0.25, -0.2) is 12.8 Å². The van der Waals surface area contributed by atoms with Crippen molar-refractivity contribution in [3.8, 4) is 0 Å². The molecule has 0 fully saturated rings. The molecule has 9 heteroatoms. The summed E-state index contributed by atoms with van der Waals surface area (Å²) >= 11 is 0. The van der Waals surface area contributed by atoms with Gasteiger partial charge < -0.3 is 10.3 Å². The Balaban J connectivity index is 2.08. The summed E-state index contributed by atoms with van der Waals surface area (Å²) < 4.78 is 40.1. The smallest absolute Gasteiger partial charge is 0.264 e. The van der Waals surface area contributed by atoms with E-state index in [1.165, 1.54) is 43.6 Å². The van der Waals surface area contributed by atoms with E-state index < -0.39 is 27.2 Å². The molecule has 1 heterocycles. The number of aromatic amines is 1. The Bertz CT molecular complexity index is 1230. The monoisotopic (exact) mass is 417 g/mol. The molecule has 0 unspecified atom stereocenters. The van der Waals surface area contributed by atoms with Crippen molar-refractivity contribution in [2.75, 3.05) is 11.4 Å². The van der Waals surface area contributed by atoms with Crippen LogP contribution >= 0.6 is 0 Å². The van der Waals surface area contributed by atoms with E-state index in [0.29, 0.717) is 5.52 Å². The number of fused-ring (bicyclic) bond motifs is 1. The quantitative estimate of drug-likeness (QED) is 0.667. The first-order chi connectivity index (χ1) is 13.6. The molecule has 0 bridgehead atoms. The molecule has 0 aliphatic carbocycles. The van der Waals surface area contributed by atoms with Crippen molar-refractivity contribution in [2.45, 2.75) is 24.8 Å². The number of nitrogens with zero attached hydrogens (tertiary/aromatic N) is 1. The minimum atomic E-state index is -4.01. The molecule has 3 aromatic rings. The van der Waals surface area contributed by atoms with Gasteiger partial charge in [-0.1, -0.05) is 0 Å². The van der Waals surface area contributed by atoms with E-state index in [2.05, 4.69) is 10.3 Å². The predicted molar refractivity (Wildman–Crippen MR) is 109 cm³/mol. The topological polar surface area (TPSA) is 99.3 Å². The molecule has 0 aliphatic rings. The van der Waals surface area contributed by atoms with E-state index in [0.717, 1.165) is 16.4 Å². The van der Waals surface area contributed by atoms with E-state index in [4.69, 9.17) is 0 Å². The molecule has 0 saturated heterocycles. The van der Waals surface area contributed by atoms with Crippen LogP contribution in [0.2, 0.25) is 0 Å². The molecule has 152 valence electrons. The second-order valence-corrected chi connectivity index (χ2v) is 8.79. The van der Waals surface area contributed by atoms with Gasteiger partial charge in [0, 0.05) is 30.2 Å². The minimum Gasteiger partial charge on any atom is -0.360 e. The fourth-order valence-corrected chi connectivity index (χ4v) is 4.04. The fourth-order valence-electron chi connectivity index (χ4n) is 2.81. The maximum Gasteiger partial charge on any atom is 0.264 e. The standard InChI is InChI=1S/C20H20FN3O4S/c1-12(2)23-20(26)17-11-22-18-9-8-15(10-16(18)19(17)25)29(27,28)24(3)14-6-4-13(21)5-7-14/h4-12H,1-3H3,(H,22,25)(H,23,26).